The molecule has 1 aliphatic heterocycles. The smallest absolute Gasteiger partial charge is 0.405 e. The molecule has 3 aromatic carbocycles. The molecule has 234 valence electrons. The number of fused-ring (bicyclic) bond motifs is 3. The van der Waals surface area contributed by atoms with Crippen LogP contribution in [0.3, 0.4) is 0 Å². The van der Waals surface area contributed by atoms with Crippen molar-refractivity contribution in [1.82, 2.24) is 15.1 Å². The van der Waals surface area contributed by atoms with Gasteiger partial charge in [-0.25, -0.2) is 0 Å². The number of hydrogen-bond acceptors (Lipinski definition) is 5. The fraction of sp³-hybridized carbons (Fsp3) is 0.412. The van der Waals surface area contributed by atoms with Gasteiger partial charge in [0.2, 0.25) is 11.8 Å². The first-order valence-corrected chi connectivity index (χ1v) is 14.9. The third-order valence-electron chi connectivity index (χ3n) is 8.73. The Morgan fingerprint density at radius 1 is 0.864 bits per heavy atom. The maximum absolute atomic E-state index is 13.7. The van der Waals surface area contributed by atoms with Crippen molar-refractivity contribution in [3.63, 3.8) is 0 Å². The van der Waals surface area contributed by atoms with Crippen molar-refractivity contribution in [2.24, 2.45) is 0 Å². The highest BCUT2D eigenvalue weighted by Crippen LogP contribution is 2.51. The molecule has 0 unspecified atom stereocenters. The van der Waals surface area contributed by atoms with E-state index in [1.807, 2.05) is 59.5 Å². The molecule has 0 aromatic heterocycles. The number of carbonyl (C=O) groups is 2. The second-order valence-corrected chi connectivity index (χ2v) is 11.3. The van der Waals surface area contributed by atoms with E-state index in [0.717, 1.165) is 53.9 Å². The Balaban J connectivity index is 1.20. The second-order valence-electron chi connectivity index (χ2n) is 11.3. The van der Waals surface area contributed by atoms with E-state index in [1.165, 1.54) is 0 Å². The lowest BCUT2D eigenvalue weighted by molar-refractivity contribution is -0.141. The summed E-state index contributed by atoms with van der Waals surface area (Å²) in [5.41, 5.74) is 2.86. The van der Waals surface area contributed by atoms with Crippen molar-refractivity contribution in [1.29, 1.82) is 0 Å². The Hall–Kier alpha value is -4.05. The molecule has 2 aliphatic rings. The highest BCUT2D eigenvalue weighted by Gasteiger charge is 2.49. The van der Waals surface area contributed by atoms with Gasteiger partial charge in [0.15, 0.2) is 0 Å². The van der Waals surface area contributed by atoms with Gasteiger partial charge in [-0.3, -0.25) is 14.5 Å². The van der Waals surface area contributed by atoms with Crippen molar-refractivity contribution in [2.45, 2.75) is 37.3 Å². The molecule has 1 fully saturated rings. The molecule has 7 nitrogen and oxygen atoms in total. The average Bonchev–Trinajstić information content (AvgIpc) is 3.32. The van der Waals surface area contributed by atoms with Crippen LogP contribution in [0.4, 0.5) is 13.2 Å². The minimum absolute atomic E-state index is 0.0292. The van der Waals surface area contributed by atoms with Gasteiger partial charge in [0, 0.05) is 31.7 Å². The van der Waals surface area contributed by atoms with Gasteiger partial charge in [0.25, 0.3) is 0 Å². The summed E-state index contributed by atoms with van der Waals surface area (Å²) in [5, 5.41) is 2.20. The molecular weight excluding hydrogens is 571 g/mol. The van der Waals surface area contributed by atoms with E-state index in [4.69, 9.17) is 9.47 Å². The van der Waals surface area contributed by atoms with Crippen molar-refractivity contribution in [2.75, 3.05) is 53.5 Å². The predicted molar refractivity (Wildman–Crippen MR) is 162 cm³/mol. The van der Waals surface area contributed by atoms with Crippen molar-refractivity contribution < 1.29 is 32.2 Å². The number of amides is 2. The summed E-state index contributed by atoms with van der Waals surface area (Å²) in [6.07, 6.45) is -2.46. The minimum Gasteiger partial charge on any atom is -0.497 e. The largest absolute Gasteiger partial charge is 0.497 e. The van der Waals surface area contributed by atoms with Gasteiger partial charge in [0.05, 0.1) is 20.6 Å². The zero-order chi connectivity index (χ0) is 31.3. The predicted octanol–water partition coefficient (Wildman–Crippen LogP) is 5.21. The fourth-order valence-electron chi connectivity index (χ4n) is 6.53. The molecule has 0 saturated carbocycles. The summed E-state index contributed by atoms with van der Waals surface area (Å²) >= 11 is 0. The number of alkyl halides is 3. The van der Waals surface area contributed by atoms with Crippen LogP contribution in [0.2, 0.25) is 0 Å². The number of benzene rings is 3. The number of nitrogens with one attached hydrogen (secondary N) is 1. The number of carbonyl (C=O) groups excluding carboxylic acids is 2. The molecule has 44 heavy (non-hydrogen) atoms. The topological polar surface area (TPSA) is 71.1 Å². The zero-order valence-corrected chi connectivity index (χ0v) is 25.1. The van der Waals surface area contributed by atoms with E-state index >= 15 is 0 Å². The van der Waals surface area contributed by atoms with E-state index < -0.39 is 24.0 Å². The summed E-state index contributed by atoms with van der Waals surface area (Å²) in [5.74, 6) is 0.728. The molecule has 10 heteroatoms. The fourth-order valence-corrected chi connectivity index (χ4v) is 6.53. The van der Waals surface area contributed by atoms with Gasteiger partial charge < -0.3 is 19.7 Å². The summed E-state index contributed by atoms with van der Waals surface area (Å²) in [6.45, 7) is 2.07. The molecule has 0 spiro atoms. The quantitative estimate of drug-likeness (QED) is 0.303. The summed E-state index contributed by atoms with van der Waals surface area (Å²) in [7, 11) is 3.16. The first kappa shape index (κ1) is 31.4. The number of hydrogen-bond donors (Lipinski definition) is 1. The van der Waals surface area contributed by atoms with Crippen LogP contribution >= 0.6 is 0 Å². The van der Waals surface area contributed by atoms with Crippen LogP contribution in [0.5, 0.6) is 11.5 Å². The normalized spacial score (nSPS) is 15.8. The number of ether oxygens (including phenoxy) is 2. The SMILES string of the molecule is COc1ccc(OC)c(CC(=O)N2CCN(CCCCC3(C(=O)NCC(F)(F)F)c4ccccc4-c4ccccc43)CC2)c1. The number of unbranched alkanes of at least 4 members (excludes halogenated alkanes) is 1. The maximum atomic E-state index is 13.7. The Morgan fingerprint density at radius 3 is 2.09 bits per heavy atom. The lowest BCUT2D eigenvalue weighted by Gasteiger charge is -2.35. The molecule has 5 rings (SSSR count). The van der Waals surface area contributed by atoms with E-state index in [9.17, 15) is 22.8 Å². The number of piperazine rings is 1. The van der Waals surface area contributed by atoms with Crippen LogP contribution in [0.25, 0.3) is 11.1 Å². The molecule has 3 aromatic rings. The molecule has 1 saturated heterocycles. The average molecular weight is 610 g/mol. The zero-order valence-electron chi connectivity index (χ0n) is 25.1. The van der Waals surface area contributed by atoms with E-state index in [2.05, 4.69) is 10.2 Å². The molecule has 0 bridgehead atoms. The molecule has 1 heterocycles. The summed E-state index contributed by atoms with van der Waals surface area (Å²) < 4.78 is 50.1. The molecule has 0 atom stereocenters. The third-order valence-corrected chi connectivity index (χ3v) is 8.73. The van der Waals surface area contributed by atoms with Crippen LogP contribution < -0.4 is 14.8 Å². The first-order valence-electron chi connectivity index (χ1n) is 14.9. The van der Waals surface area contributed by atoms with Gasteiger partial charge in [-0.1, -0.05) is 55.0 Å². The van der Waals surface area contributed by atoms with Gasteiger partial charge in [-0.15, -0.1) is 0 Å². The molecular formula is C34H38F3N3O4. The maximum Gasteiger partial charge on any atom is 0.405 e. The van der Waals surface area contributed by atoms with Gasteiger partial charge in [0.1, 0.15) is 23.5 Å². The Labute approximate surface area is 255 Å². The van der Waals surface area contributed by atoms with Gasteiger partial charge in [-0.05, 0) is 59.8 Å². The Bertz CT molecular complexity index is 1440. The number of rotatable bonds is 11. The molecule has 1 aliphatic carbocycles. The van der Waals surface area contributed by atoms with E-state index in [0.29, 0.717) is 37.4 Å². The van der Waals surface area contributed by atoms with E-state index in [-0.39, 0.29) is 12.3 Å². The van der Waals surface area contributed by atoms with Crippen molar-refractivity contribution in [3.8, 4) is 22.6 Å². The summed E-state index contributed by atoms with van der Waals surface area (Å²) in [6, 6.07) is 20.4. The Kier molecular flexibility index (Phi) is 9.48. The highest BCUT2D eigenvalue weighted by molar-refractivity contribution is 6.00. The third kappa shape index (κ3) is 6.55. The lowest BCUT2D eigenvalue weighted by Crippen LogP contribution is -2.49. The molecule has 0 radical (unpaired) electrons. The minimum atomic E-state index is -4.50. The highest BCUT2D eigenvalue weighted by atomic mass is 19.4. The number of halogens is 3. The molecule has 2 amide bonds. The van der Waals surface area contributed by atoms with Crippen molar-refractivity contribution in [3.05, 3.63) is 83.4 Å². The van der Waals surface area contributed by atoms with Crippen molar-refractivity contribution >= 4 is 11.8 Å². The standard InChI is InChI=1S/C34H38F3N3O4/c1-43-25-13-14-30(44-2)24(21-25)22-31(41)40-19-17-39(18-20-40)16-8-7-15-33(32(42)38-23-34(35,36)37)28-11-5-3-9-26(28)27-10-4-6-12-29(27)33/h3-6,9-14,21H,7-8,15-20,22-23H2,1-2H3,(H,38,42). The monoisotopic (exact) mass is 609 g/mol. The second kappa shape index (κ2) is 13.3. The van der Waals surface area contributed by atoms with E-state index in [1.54, 1.807) is 26.4 Å². The molecule has 1 N–H and O–H groups in total. The number of nitrogens with zero attached hydrogens (tertiary/aromatic N) is 2. The van der Waals surface area contributed by atoms with Crippen LogP contribution in [-0.2, 0) is 21.4 Å². The lowest BCUT2D eigenvalue weighted by atomic mass is 9.73. The Morgan fingerprint density at radius 2 is 1.50 bits per heavy atom. The summed E-state index contributed by atoms with van der Waals surface area (Å²) in [4.78, 5) is 30.9. The van der Waals surface area contributed by atoms with Crippen LogP contribution in [0, 0.1) is 0 Å². The van der Waals surface area contributed by atoms with Crippen LogP contribution in [-0.4, -0.2) is 81.3 Å². The van der Waals surface area contributed by atoms with Gasteiger partial charge >= 0.3 is 6.18 Å². The van der Waals surface area contributed by atoms with Crippen LogP contribution in [0.1, 0.15) is 36.0 Å². The van der Waals surface area contributed by atoms with Gasteiger partial charge in [-0.2, -0.15) is 13.2 Å². The number of methoxy groups -OCH3 is 2. The van der Waals surface area contributed by atoms with Crippen LogP contribution in [0.15, 0.2) is 66.7 Å². The first-order chi connectivity index (χ1) is 21.2.